The van der Waals surface area contributed by atoms with Gasteiger partial charge in [-0.3, -0.25) is 0 Å². The zero-order valence-electron chi connectivity index (χ0n) is 14.4. The highest BCUT2D eigenvalue weighted by Crippen LogP contribution is 2.22. The lowest BCUT2D eigenvalue weighted by atomic mass is 10.0. The molecule has 2 N–H and O–H groups in total. The SMILES string of the molecule is COc1ccc(C(C)NC(=O)NC(C)c2ccccc2C)cc1F. The van der Waals surface area contributed by atoms with Gasteiger partial charge in [-0.15, -0.1) is 0 Å². The van der Waals surface area contributed by atoms with E-state index in [0.29, 0.717) is 5.56 Å². The molecule has 5 heteroatoms. The zero-order valence-corrected chi connectivity index (χ0v) is 14.4. The maximum Gasteiger partial charge on any atom is 0.315 e. The number of benzene rings is 2. The van der Waals surface area contributed by atoms with Crippen LogP contribution in [0.2, 0.25) is 0 Å². The van der Waals surface area contributed by atoms with Crippen molar-refractivity contribution in [2.45, 2.75) is 32.9 Å². The fourth-order valence-corrected chi connectivity index (χ4v) is 2.62. The van der Waals surface area contributed by atoms with Crippen LogP contribution in [-0.2, 0) is 0 Å². The van der Waals surface area contributed by atoms with E-state index in [1.54, 1.807) is 19.1 Å². The van der Waals surface area contributed by atoms with Crippen LogP contribution in [0.25, 0.3) is 0 Å². The Morgan fingerprint density at radius 3 is 2.38 bits per heavy atom. The lowest BCUT2D eigenvalue weighted by molar-refractivity contribution is 0.235. The summed E-state index contributed by atoms with van der Waals surface area (Å²) in [7, 11) is 1.42. The van der Waals surface area contributed by atoms with Gasteiger partial charge in [-0.1, -0.05) is 30.3 Å². The van der Waals surface area contributed by atoms with Crippen LogP contribution in [0.4, 0.5) is 9.18 Å². The van der Waals surface area contributed by atoms with Crippen molar-refractivity contribution in [3.63, 3.8) is 0 Å². The summed E-state index contributed by atoms with van der Waals surface area (Å²) < 4.78 is 18.7. The fraction of sp³-hybridized carbons (Fsp3) is 0.316. The molecule has 0 aromatic heterocycles. The molecule has 2 rings (SSSR count). The second-order valence-corrected chi connectivity index (χ2v) is 5.81. The number of hydrogen-bond donors (Lipinski definition) is 2. The minimum absolute atomic E-state index is 0.119. The first-order chi connectivity index (χ1) is 11.4. The Morgan fingerprint density at radius 1 is 1.08 bits per heavy atom. The third-order valence-electron chi connectivity index (χ3n) is 4.03. The predicted molar refractivity (Wildman–Crippen MR) is 92.6 cm³/mol. The van der Waals surface area contributed by atoms with E-state index < -0.39 is 5.82 Å². The maximum atomic E-state index is 13.8. The molecule has 0 radical (unpaired) electrons. The second-order valence-electron chi connectivity index (χ2n) is 5.81. The van der Waals surface area contributed by atoms with E-state index in [1.807, 2.05) is 38.1 Å². The van der Waals surface area contributed by atoms with E-state index >= 15 is 0 Å². The molecule has 128 valence electrons. The van der Waals surface area contributed by atoms with Crippen LogP contribution in [0.3, 0.4) is 0 Å². The van der Waals surface area contributed by atoms with E-state index in [-0.39, 0.29) is 23.9 Å². The van der Waals surface area contributed by atoms with Crippen LogP contribution in [0, 0.1) is 12.7 Å². The van der Waals surface area contributed by atoms with Gasteiger partial charge < -0.3 is 15.4 Å². The Bertz CT molecular complexity index is 718. The highest BCUT2D eigenvalue weighted by molar-refractivity contribution is 5.75. The number of nitrogens with one attached hydrogen (secondary N) is 2. The van der Waals surface area contributed by atoms with Gasteiger partial charge in [0.2, 0.25) is 0 Å². The maximum absolute atomic E-state index is 13.8. The Kier molecular flexibility index (Phi) is 5.79. The molecule has 0 heterocycles. The molecule has 0 aliphatic carbocycles. The number of urea groups is 1. The molecule has 2 amide bonds. The zero-order chi connectivity index (χ0) is 17.7. The summed E-state index contributed by atoms with van der Waals surface area (Å²) in [5, 5.41) is 5.73. The van der Waals surface area contributed by atoms with Crippen LogP contribution in [0.5, 0.6) is 5.75 Å². The number of amides is 2. The van der Waals surface area contributed by atoms with Crippen LogP contribution >= 0.6 is 0 Å². The van der Waals surface area contributed by atoms with Gasteiger partial charge in [-0.25, -0.2) is 9.18 Å². The van der Waals surface area contributed by atoms with E-state index in [9.17, 15) is 9.18 Å². The molecule has 2 aromatic carbocycles. The van der Waals surface area contributed by atoms with Crippen molar-refractivity contribution in [1.82, 2.24) is 10.6 Å². The van der Waals surface area contributed by atoms with Crippen molar-refractivity contribution >= 4 is 6.03 Å². The predicted octanol–water partition coefficient (Wildman–Crippen LogP) is 4.26. The Morgan fingerprint density at radius 2 is 1.75 bits per heavy atom. The number of hydrogen-bond acceptors (Lipinski definition) is 2. The van der Waals surface area contributed by atoms with E-state index in [4.69, 9.17) is 4.74 Å². The van der Waals surface area contributed by atoms with Crippen LogP contribution < -0.4 is 15.4 Å². The lowest BCUT2D eigenvalue weighted by Gasteiger charge is -2.20. The van der Waals surface area contributed by atoms with Crippen molar-refractivity contribution in [3.05, 3.63) is 65.0 Å². The van der Waals surface area contributed by atoms with Gasteiger partial charge in [0.05, 0.1) is 19.2 Å². The first-order valence-corrected chi connectivity index (χ1v) is 7.88. The topological polar surface area (TPSA) is 50.4 Å². The molecule has 2 atom stereocenters. The third-order valence-corrected chi connectivity index (χ3v) is 4.03. The minimum Gasteiger partial charge on any atom is -0.494 e. The molecule has 0 spiro atoms. The van der Waals surface area contributed by atoms with E-state index in [2.05, 4.69) is 10.6 Å². The summed E-state index contributed by atoms with van der Waals surface area (Å²) in [5.41, 5.74) is 2.86. The number of aryl methyl sites for hydroxylation is 1. The van der Waals surface area contributed by atoms with Crippen LogP contribution in [0.1, 0.15) is 42.6 Å². The highest BCUT2D eigenvalue weighted by Gasteiger charge is 2.15. The number of halogens is 1. The molecule has 4 nitrogen and oxygen atoms in total. The molecule has 0 saturated heterocycles. The van der Waals surface area contributed by atoms with Crippen LogP contribution in [-0.4, -0.2) is 13.1 Å². The van der Waals surface area contributed by atoms with Gasteiger partial charge in [0, 0.05) is 0 Å². The Labute approximate surface area is 142 Å². The van der Waals surface area contributed by atoms with Gasteiger partial charge in [-0.05, 0) is 49.6 Å². The van der Waals surface area contributed by atoms with Gasteiger partial charge in [0.25, 0.3) is 0 Å². The molecule has 24 heavy (non-hydrogen) atoms. The molecule has 0 aliphatic rings. The number of rotatable bonds is 5. The van der Waals surface area contributed by atoms with Crippen molar-refractivity contribution in [2.75, 3.05) is 7.11 Å². The summed E-state index contributed by atoms with van der Waals surface area (Å²) in [6.07, 6.45) is 0. The monoisotopic (exact) mass is 330 g/mol. The molecule has 0 bridgehead atoms. The summed E-state index contributed by atoms with van der Waals surface area (Å²) in [6.45, 7) is 5.74. The molecule has 0 fully saturated rings. The average Bonchev–Trinajstić information content (AvgIpc) is 2.54. The average molecular weight is 330 g/mol. The van der Waals surface area contributed by atoms with Crippen molar-refractivity contribution in [3.8, 4) is 5.75 Å². The molecular weight excluding hydrogens is 307 g/mol. The largest absolute Gasteiger partial charge is 0.494 e. The number of carbonyl (C=O) groups is 1. The van der Waals surface area contributed by atoms with E-state index in [0.717, 1.165) is 11.1 Å². The summed E-state index contributed by atoms with van der Waals surface area (Å²) in [6, 6.07) is 11.8. The lowest BCUT2D eigenvalue weighted by Crippen LogP contribution is -2.38. The van der Waals surface area contributed by atoms with Gasteiger partial charge in [-0.2, -0.15) is 0 Å². The smallest absolute Gasteiger partial charge is 0.315 e. The summed E-state index contributed by atoms with van der Waals surface area (Å²) in [4.78, 5) is 12.2. The molecule has 2 unspecified atom stereocenters. The normalized spacial score (nSPS) is 13.0. The Hall–Kier alpha value is -2.56. The molecule has 0 aliphatic heterocycles. The van der Waals surface area contributed by atoms with Crippen LogP contribution in [0.15, 0.2) is 42.5 Å². The number of carbonyl (C=O) groups excluding carboxylic acids is 1. The first kappa shape index (κ1) is 17.8. The summed E-state index contributed by atoms with van der Waals surface area (Å²) in [5.74, 6) is -0.263. The third kappa shape index (κ3) is 4.25. The van der Waals surface area contributed by atoms with Crippen molar-refractivity contribution in [2.24, 2.45) is 0 Å². The first-order valence-electron chi connectivity index (χ1n) is 7.88. The Balaban J connectivity index is 1.99. The van der Waals surface area contributed by atoms with Gasteiger partial charge in [0.1, 0.15) is 0 Å². The standard InChI is InChI=1S/C19H23FN2O2/c1-12-7-5-6-8-16(12)14(3)22-19(23)21-13(2)15-9-10-18(24-4)17(20)11-15/h5-11,13-14H,1-4H3,(H2,21,22,23). The highest BCUT2D eigenvalue weighted by atomic mass is 19.1. The number of methoxy groups -OCH3 is 1. The minimum atomic E-state index is -0.447. The fourth-order valence-electron chi connectivity index (χ4n) is 2.62. The van der Waals surface area contributed by atoms with Crippen molar-refractivity contribution in [1.29, 1.82) is 0 Å². The molecular formula is C19H23FN2O2. The van der Waals surface area contributed by atoms with Gasteiger partial charge >= 0.3 is 6.03 Å². The number of ether oxygens (including phenoxy) is 1. The quantitative estimate of drug-likeness (QED) is 0.860. The van der Waals surface area contributed by atoms with Gasteiger partial charge in [0.15, 0.2) is 11.6 Å². The molecule has 0 saturated carbocycles. The van der Waals surface area contributed by atoms with E-state index in [1.165, 1.54) is 13.2 Å². The summed E-state index contributed by atoms with van der Waals surface area (Å²) >= 11 is 0. The second kappa shape index (κ2) is 7.81. The molecule has 2 aromatic rings. The van der Waals surface area contributed by atoms with Crippen molar-refractivity contribution < 1.29 is 13.9 Å².